The van der Waals surface area contributed by atoms with Crippen LogP contribution < -0.4 is 25.6 Å². The van der Waals surface area contributed by atoms with Crippen LogP contribution in [0.5, 0.6) is 0 Å². The van der Waals surface area contributed by atoms with Gasteiger partial charge in [0.05, 0.1) is 21.6 Å². The first-order chi connectivity index (χ1) is 31.3. The lowest BCUT2D eigenvalue weighted by Crippen LogP contribution is -2.54. The number of likely N-dealkylation sites (tertiary alicyclic amines) is 1. The molecule has 66 heavy (non-hydrogen) atoms. The van der Waals surface area contributed by atoms with E-state index >= 15 is 8.78 Å². The summed E-state index contributed by atoms with van der Waals surface area (Å²) in [6, 6.07) is 10.5. The van der Waals surface area contributed by atoms with Crippen molar-refractivity contribution in [2.24, 2.45) is 0 Å². The number of piperazine rings is 1. The molecule has 0 spiro atoms. The number of imide groups is 2. The maximum absolute atomic E-state index is 15.6. The maximum atomic E-state index is 15.6. The lowest BCUT2D eigenvalue weighted by atomic mass is 9.88. The van der Waals surface area contributed by atoms with Crippen LogP contribution in [0, 0.1) is 24.4 Å². The van der Waals surface area contributed by atoms with E-state index in [1.165, 1.54) is 51.2 Å². The molecule has 0 saturated carbocycles. The first-order valence-corrected chi connectivity index (χ1v) is 23.6. The van der Waals surface area contributed by atoms with Gasteiger partial charge < -0.3 is 20.4 Å². The molecule has 16 nitrogen and oxygen atoms in total. The van der Waals surface area contributed by atoms with Crippen molar-refractivity contribution >= 4 is 68.2 Å². The minimum absolute atomic E-state index is 0.0534. The first-order valence-electron chi connectivity index (χ1n) is 22.1. The third kappa shape index (κ3) is 9.85. The van der Waals surface area contributed by atoms with Gasteiger partial charge in [-0.15, -0.1) is 0 Å². The van der Waals surface area contributed by atoms with Crippen molar-refractivity contribution in [2.75, 3.05) is 72.6 Å². The fraction of sp³-hybridized carbons (Fsp3) is 0.435. The number of hydrogen-bond acceptors (Lipinski definition) is 13. The Kier molecular flexibility index (Phi) is 13.1. The van der Waals surface area contributed by atoms with Crippen LogP contribution in [-0.2, 0) is 19.6 Å². The van der Waals surface area contributed by atoms with Crippen molar-refractivity contribution < 1.29 is 40.8 Å². The number of fused-ring (bicyclic) bond motifs is 1. The van der Waals surface area contributed by atoms with E-state index in [0.717, 1.165) is 62.3 Å². The SMILES string of the molecule is Cc1cnc(Nc2cc(F)c(C3CCN(CCCN4CCN(c5ccc6c(c5)C(=O)N(C5CCC(=O)NC5=O)C6=O)CC4)CC3)c(F)c2)nc1Nc1ccc(F)c(NS(=O)(=O)C(C)(C)C)c1. The number of carbonyl (C=O) groups is 4. The Hall–Kier alpha value is -6.12. The quantitative estimate of drug-likeness (QED) is 0.114. The second kappa shape index (κ2) is 18.6. The van der Waals surface area contributed by atoms with Gasteiger partial charge in [0.2, 0.25) is 27.8 Å². The Morgan fingerprint density at radius 3 is 2.11 bits per heavy atom. The molecule has 4 aliphatic rings. The fourth-order valence-corrected chi connectivity index (χ4v) is 9.52. The number of sulfonamides is 1. The molecule has 4 amide bonds. The Bertz CT molecular complexity index is 2660. The number of piperidine rings is 2. The average molecular weight is 931 g/mol. The van der Waals surface area contributed by atoms with Crippen LogP contribution in [0.4, 0.5) is 47.7 Å². The minimum atomic E-state index is -3.90. The van der Waals surface area contributed by atoms with Crippen molar-refractivity contribution in [1.29, 1.82) is 0 Å². The summed E-state index contributed by atoms with van der Waals surface area (Å²) in [5, 5.41) is 8.14. The van der Waals surface area contributed by atoms with Gasteiger partial charge in [0.15, 0.2) is 0 Å². The summed E-state index contributed by atoms with van der Waals surface area (Å²) in [7, 11) is -3.90. The van der Waals surface area contributed by atoms with E-state index in [1.54, 1.807) is 19.1 Å². The van der Waals surface area contributed by atoms with Crippen LogP contribution in [0.15, 0.2) is 54.7 Å². The van der Waals surface area contributed by atoms with Crippen LogP contribution in [0.2, 0.25) is 0 Å². The molecule has 4 N–H and O–H groups in total. The lowest BCUT2D eigenvalue weighted by Gasteiger charge is -2.37. The van der Waals surface area contributed by atoms with Crippen molar-refractivity contribution in [3.63, 3.8) is 0 Å². The summed E-state index contributed by atoms with van der Waals surface area (Å²) in [6.07, 6.45) is 3.83. The summed E-state index contributed by atoms with van der Waals surface area (Å²) in [5.74, 6) is -4.10. The molecule has 20 heteroatoms. The zero-order valence-corrected chi connectivity index (χ0v) is 38.0. The number of benzene rings is 3. The predicted molar refractivity (Wildman–Crippen MR) is 243 cm³/mol. The number of anilines is 6. The second-order valence-electron chi connectivity index (χ2n) is 18.2. The molecule has 5 heterocycles. The number of aromatic nitrogens is 2. The van der Waals surface area contributed by atoms with Gasteiger partial charge in [0.1, 0.15) is 29.3 Å². The van der Waals surface area contributed by atoms with E-state index in [0.29, 0.717) is 43.0 Å². The monoisotopic (exact) mass is 930 g/mol. The largest absolute Gasteiger partial charge is 0.369 e. The molecular formula is C46H53F3N10O6S. The van der Waals surface area contributed by atoms with Crippen LogP contribution in [-0.4, -0.2) is 120 Å². The Labute approximate surface area is 381 Å². The van der Waals surface area contributed by atoms with E-state index in [9.17, 15) is 32.0 Å². The highest BCUT2D eigenvalue weighted by Crippen LogP contribution is 2.35. The van der Waals surface area contributed by atoms with Crippen LogP contribution in [0.25, 0.3) is 0 Å². The van der Waals surface area contributed by atoms with Crippen LogP contribution in [0.1, 0.15) is 90.6 Å². The second-order valence-corrected chi connectivity index (χ2v) is 20.7. The molecule has 8 rings (SSSR count). The highest BCUT2D eigenvalue weighted by atomic mass is 32.2. The van der Waals surface area contributed by atoms with Crippen molar-refractivity contribution in [3.8, 4) is 0 Å². The smallest absolute Gasteiger partial charge is 0.262 e. The van der Waals surface area contributed by atoms with E-state index in [2.05, 4.69) is 45.3 Å². The summed E-state index contributed by atoms with van der Waals surface area (Å²) in [6.45, 7) is 12.5. The molecule has 3 aromatic carbocycles. The van der Waals surface area contributed by atoms with Gasteiger partial charge in [-0.2, -0.15) is 4.98 Å². The topological polar surface area (TPSA) is 189 Å². The number of nitrogens with zero attached hydrogens (tertiary/aromatic N) is 6. The van der Waals surface area contributed by atoms with Gasteiger partial charge in [-0.1, -0.05) is 0 Å². The molecule has 1 atom stereocenters. The van der Waals surface area contributed by atoms with Crippen molar-refractivity contribution in [2.45, 2.75) is 76.5 Å². The van der Waals surface area contributed by atoms with E-state index in [1.807, 2.05) is 6.07 Å². The first kappa shape index (κ1) is 46.4. The van der Waals surface area contributed by atoms with E-state index in [-0.39, 0.29) is 52.8 Å². The molecule has 350 valence electrons. The summed E-state index contributed by atoms with van der Waals surface area (Å²) >= 11 is 0. The van der Waals surface area contributed by atoms with Gasteiger partial charge in [-0.3, -0.25) is 39.0 Å². The highest BCUT2D eigenvalue weighted by molar-refractivity contribution is 7.94. The van der Waals surface area contributed by atoms with Crippen LogP contribution in [0.3, 0.4) is 0 Å². The molecule has 4 aromatic rings. The van der Waals surface area contributed by atoms with E-state index in [4.69, 9.17) is 0 Å². The number of nitrogens with one attached hydrogen (secondary N) is 4. The van der Waals surface area contributed by atoms with Gasteiger partial charge >= 0.3 is 0 Å². The molecule has 3 saturated heterocycles. The number of halogens is 3. The average Bonchev–Trinajstić information content (AvgIpc) is 3.51. The van der Waals surface area contributed by atoms with Crippen LogP contribution >= 0.6 is 0 Å². The fourth-order valence-electron chi connectivity index (χ4n) is 8.77. The molecule has 4 aliphatic heterocycles. The number of carbonyl (C=O) groups excluding carboxylic acids is 4. The summed E-state index contributed by atoms with van der Waals surface area (Å²) in [4.78, 5) is 67.1. The minimum Gasteiger partial charge on any atom is -0.369 e. The third-order valence-electron chi connectivity index (χ3n) is 12.7. The molecule has 0 aliphatic carbocycles. The molecule has 1 unspecified atom stereocenters. The Morgan fingerprint density at radius 2 is 1.44 bits per heavy atom. The zero-order valence-electron chi connectivity index (χ0n) is 37.2. The molecule has 0 bridgehead atoms. The number of hydrogen-bond donors (Lipinski definition) is 4. The molecule has 3 fully saturated rings. The highest BCUT2D eigenvalue weighted by Gasteiger charge is 2.45. The van der Waals surface area contributed by atoms with Crippen molar-refractivity contribution in [1.82, 2.24) is 30.0 Å². The number of aryl methyl sites for hydroxylation is 1. The summed E-state index contributed by atoms with van der Waals surface area (Å²) < 4.78 is 72.4. The molecule has 1 aromatic heterocycles. The standard InChI is InChI=1S/C46H53F3N10O6S/c1-27-26-50-45(54-41(27)51-29-6-9-34(47)37(24-29)55-66(64,65)46(2,3)4)52-30-22-35(48)40(36(49)23-30)28-12-16-56(17-13-28)14-5-15-57-18-20-58(21-19-57)31-7-8-32-33(25-31)44(63)59(43(32)62)38-10-11-39(60)53-42(38)61/h6-9,22-26,28,38,55H,5,10-21H2,1-4H3,(H,53,60,61)(H2,50,51,52,54). The number of rotatable bonds is 13. The lowest BCUT2D eigenvalue weighted by molar-refractivity contribution is -0.136. The van der Waals surface area contributed by atoms with Gasteiger partial charge in [-0.25, -0.2) is 26.6 Å². The van der Waals surface area contributed by atoms with Gasteiger partial charge in [-0.05, 0) is 134 Å². The maximum Gasteiger partial charge on any atom is 0.262 e. The Morgan fingerprint density at radius 1 is 0.773 bits per heavy atom. The van der Waals surface area contributed by atoms with Gasteiger partial charge in [0, 0.05) is 67.0 Å². The number of amides is 4. The zero-order chi connectivity index (χ0) is 47.1. The summed E-state index contributed by atoms with van der Waals surface area (Å²) in [5.41, 5.74) is 2.25. The normalized spacial score (nSPS) is 19.0. The molecular weight excluding hydrogens is 878 g/mol. The van der Waals surface area contributed by atoms with Crippen molar-refractivity contribution in [3.05, 3.63) is 94.4 Å². The predicted octanol–water partition coefficient (Wildman–Crippen LogP) is 6.02. The third-order valence-corrected chi connectivity index (χ3v) is 14.8. The van der Waals surface area contributed by atoms with Gasteiger partial charge in [0.25, 0.3) is 11.8 Å². The molecule has 0 radical (unpaired) electrons. The van der Waals surface area contributed by atoms with E-state index < -0.39 is 61.9 Å². The Balaban J connectivity index is 0.792.